The van der Waals surface area contributed by atoms with Crippen LogP contribution in [-0.4, -0.2) is 57.5 Å². The summed E-state index contributed by atoms with van der Waals surface area (Å²) < 4.78 is 5.39. The second-order valence-electron chi connectivity index (χ2n) is 4.22. The number of hydrogen-bond donors (Lipinski definition) is 4. The van der Waals surface area contributed by atoms with Gasteiger partial charge in [-0.25, -0.2) is 0 Å². The summed E-state index contributed by atoms with van der Waals surface area (Å²) in [6.07, 6.45) is -1.42. The molecule has 2 aliphatic rings. The van der Waals surface area contributed by atoms with Crippen LogP contribution in [0.15, 0.2) is 11.8 Å². The van der Waals surface area contributed by atoms with Crippen molar-refractivity contribution in [2.45, 2.75) is 38.1 Å². The highest BCUT2D eigenvalue weighted by Gasteiger charge is 2.39. The van der Waals surface area contributed by atoms with E-state index in [1.807, 2.05) is 0 Å². The average molecular weight is 244 g/mol. The molecule has 2 aliphatic heterocycles. The molecule has 0 spiro atoms. The van der Waals surface area contributed by atoms with Crippen molar-refractivity contribution < 1.29 is 24.9 Å². The highest BCUT2D eigenvalue weighted by atomic mass is 16.5. The molecule has 7 heteroatoms. The number of aliphatic hydroxyl groups excluding tert-OH is 3. The molecule has 0 aromatic rings. The van der Waals surface area contributed by atoms with Crippen LogP contribution >= 0.6 is 0 Å². The second-order valence-corrected chi connectivity index (χ2v) is 4.22. The summed E-state index contributed by atoms with van der Waals surface area (Å²) in [5.74, 6) is -0.342. The fraction of sp³-hybridized carbons (Fsp3) is 0.700. The van der Waals surface area contributed by atoms with Crippen molar-refractivity contribution in [2.75, 3.05) is 6.61 Å². The first-order valence-electron chi connectivity index (χ1n) is 5.42. The molecule has 4 atom stereocenters. The molecule has 2 rings (SSSR count). The maximum atomic E-state index is 11.3. The van der Waals surface area contributed by atoms with Crippen molar-refractivity contribution in [3.8, 4) is 0 Å². The maximum Gasteiger partial charge on any atom is 0.251 e. The Kier molecular flexibility index (Phi) is 3.34. The SMILES string of the molecule is CC1=CN([C@H]2CC(O)C(CO)O2)[C@@H](O)NC1=O. The lowest BCUT2D eigenvalue weighted by Gasteiger charge is -2.35. The van der Waals surface area contributed by atoms with E-state index in [1.54, 1.807) is 6.92 Å². The van der Waals surface area contributed by atoms with Gasteiger partial charge in [0.2, 0.25) is 6.35 Å². The molecule has 0 bridgehead atoms. The Bertz CT molecular complexity index is 346. The largest absolute Gasteiger partial charge is 0.394 e. The number of carbonyl (C=O) groups excluding carboxylic acids is 1. The maximum absolute atomic E-state index is 11.3. The minimum Gasteiger partial charge on any atom is -0.394 e. The molecule has 96 valence electrons. The highest BCUT2D eigenvalue weighted by molar-refractivity contribution is 5.93. The number of carbonyl (C=O) groups is 1. The van der Waals surface area contributed by atoms with Crippen LogP contribution in [0, 0.1) is 0 Å². The number of nitrogens with zero attached hydrogens (tertiary/aromatic N) is 1. The first-order chi connectivity index (χ1) is 8.02. The van der Waals surface area contributed by atoms with Crippen molar-refractivity contribution in [1.29, 1.82) is 0 Å². The van der Waals surface area contributed by atoms with Crippen molar-refractivity contribution in [1.82, 2.24) is 10.2 Å². The van der Waals surface area contributed by atoms with E-state index in [0.717, 1.165) is 0 Å². The molecule has 2 heterocycles. The number of rotatable bonds is 2. The minimum absolute atomic E-state index is 0.266. The Morgan fingerprint density at radius 1 is 1.59 bits per heavy atom. The zero-order valence-corrected chi connectivity index (χ0v) is 9.41. The predicted molar refractivity (Wildman–Crippen MR) is 56.1 cm³/mol. The summed E-state index contributed by atoms with van der Waals surface area (Å²) in [4.78, 5) is 12.7. The van der Waals surface area contributed by atoms with E-state index in [9.17, 15) is 15.0 Å². The van der Waals surface area contributed by atoms with E-state index < -0.39 is 24.8 Å². The minimum atomic E-state index is -1.18. The normalized spacial score (nSPS) is 38.0. The average Bonchev–Trinajstić information content (AvgIpc) is 2.65. The van der Waals surface area contributed by atoms with Crippen molar-refractivity contribution in [3.05, 3.63) is 11.8 Å². The summed E-state index contributed by atoms with van der Waals surface area (Å²) in [7, 11) is 0. The van der Waals surface area contributed by atoms with Crippen LogP contribution in [0.4, 0.5) is 0 Å². The van der Waals surface area contributed by atoms with E-state index >= 15 is 0 Å². The number of aliphatic hydroxyl groups is 3. The lowest BCUT2D eigenvalue weighted by Crippen LogP contribution is -2.53. The molecular weight excluding hydrogens is 228 g/mol. The Labute approximate surface area is 98.3 Å². The molecule has 4 N–H and O–H groups in total. The zero-order chi connectivity index (χ0) is 12.6. The first kappa shape index (κ1) is 12.3. The molecule has 7 nitrogen and oxygen atoms in total. The summed E-state index contributed by atoms with van der Waals surface area (Å²) in [5.41, 5.74) is 0.445. The van der Waals surface area contributed by atoms with Gasteiger partial charge in [-0.1, -0.05) is 0 Å². The molecule has 1 saturated heterocycles. The Morgan fingerprint density at radius 3 is 2.88 bits per heavy atom. The van der Waals surface area contributed by atoms with Gasteiger partial charge in [-0.05, 0) is 6.92 Å². The standard InChI is InChI=1S/C10H16N2O5/c1-5-3-12(10(16)11-9(5)15)8-2-6(14)7(4-13)17-8/h3,6-8,10,13-14,16H,2,4H2,1H3,(H,11,15)/t6?,7?,8-,10+/m1/s1. The molecule has 2 unspecified atom stereocenters. The lowest BCUT2D eigenvalue weighted by atomic mass is 10.2. The number of ether oxygens (including phenoxy) is 1. The van der Waals surface area contributed by atoms with Gasteiger partial charge in [0, 0.05) is 18.2 Å². The summed E-state index contributed by atoms with van der Waals surface area (Å²) in [6.45, 7) is 1.33. The zero-order valence-electron chi connectivity index (χ0n) is 9.41. The van der Waals surface area contributed by atoms with E-state index in [1.165, 1.54) is 11.1 Å². The fourth-order valence-electron chi connectivity index (χ4n) is 1.96. The van der Waals surface area contributed by atoms with E-state index in [0.29, 0.717) is 5.57 Å². The third kappa shape index (κ3) is 2.27. The van der Waals surface area contributed by atoms with Crippen LogP contribution in [0.5, 0.6) is 0 Å². The smallest absolute Gasteiger partial charge is 0.251 e. The van der Waals surface area contributed by atoms with Crippen LogP contribution in [0.1, 0.15) is 13.3 Å². The number of hydrogen-bond acceptors (Lipinski definition) is 6. The first-order valence-corrected chi connectivity index (χ1v) is 5.42. The van der Waals surface area contributed by atoms with Crippen LogP contribution in [-0.2, 0) is 9.53 Å². The lowest BCUT2D eigenvalue weighted by molar-refractivity contribution is -0.143. The van der Waals surface area contributed by atoms with E-state index in [4.69, 9.17) is 9.84 Å². The molecular formula is C10H16N2O5. The number of nitrogens with one attached hydrogen (secondary N) is 1. The Morgan fingerprint density at radius 2 is 2.29 bits per heavy atom. The van der Waals surface area contributed by atoms with Crippen LogP contribution in [0.3, 0.4) is 0 Å². The monoisotopic (exact) mass is 244 g/mol. The van der Waals surface area contributed by atoms with Crippen LogP contribution < -0.4 is 5.32 Å². The molecule has 1 fully saturated rings. The molecule has 0 aromatic carbocycles. The van der Waals surface area contributed by atoms with Crippen LogP contribution in [0.2, 0.25) is 0 Å². The summed E-state index contributed by atoms with van der Waals surface area (Å²) in [6, 6.07) is 0. The molecule has 1 amide bonds. The van der Waals surface area contributed by atoms with Gasteiger partial charge in [-0.3, -0.25) is 4.79 Å². The second kappa shape index (κ2) is 4.61. The molecule has 17 heavy (non-hydrogen) atoms. The van der Waals surface area contributed by atoms with Crippen molar-refractivity contribution in [2.24, 2.45) is 0 Å². The van der Waals surface area contributed by atoms with Crippen molar-refractivity contribution in [3.63, 3.8) is 0 Å². The summed E-state index contributed by atoms with van der Waals surface area (Å²) >= 11 is 0. The predicted octanol–water partition coefficient (Wildman–Crippen LogP) is -1.93. The molecule has 0 radical (unpaired) electrons. The third-order valence-corrected chi connectivity index (χ3v) is 2.96. The Hall–Kier alpha value is -1.15. The van der Waals surface area contributed by atoms with Gasteiger partial charge in [-0.2, -0.15) is 0 Å². The highest BCUT2D eigenvalue weighted by Crippen LogP contribution is 2.25. The third-order valence-electron chi connectivity index (χ3n) is 2.96. The molecule has 0 aromatic heterocycles. The fourth-order valence-corrected chi connectivity index (χ4v) is 1.96. The van der Waals surface area contributed by atoms with Gasteiger partial charge in [0.25, 0.3) is 5.91 Å². The van der Waals surface area contributed by atoms with Crippen molar-refractivity contribution >= 4 is 5.91 Å². The Balaban J connectivity index is 2.10. The van der Waals surface area contributed by atoms with Gasteiger partial charge >= 0.3 is 0 Å². The molecule has 0 saturated carbocycles. The van der Waals surface area contributed by atoms with E-state index in [2.05, 4.69) is 5.32 Å². The number of amides is 1. The van der Waals surface area contributed by atoms with Gasteiger partial charge < -0.3 is 30.3 Å². The summed E-state index contributed by atoms with van der Waals surface area (Å²) in [5, 5.41) is 30.6. The van der Waals surface area contributed by atoms with Gasteiger partial charge in [0.05, 0.1) is 12.7 Å². The van der Waals surface area contributed by atoms with Crippen LogP contribution in [0.25, 0.3) is 0 Å². The molecule has 0 aliphatic carbocycles. The van der Waals surface area contributed by atoms with Gasteiger partial charge in [-0.15, -0.1) is 0 Å². The van der Waals surface area contributed by atoms with E-state index in [-0.39, 0.29) is 18.9 Å². The quantitative estimate of drug-likeness (QED) is 0.451. The topological polar surface area (TPSA) is 102 Å². The van der Waals surface area contributed by atoms with Gasteiger partial charge in [0.1, 0.15) is 12.3 Å². The van der Waals surface area contributed by atoms with Gasteiger partial charge in [0.15, 0.2) is 0 Å².